The number of carbonyl (C=O) groups is 2. The second kappa shape index (κ2) is 7.09. The molecule has 0 bridgehead atoms. The summed E-state index contributed by atoms with van der Waals surface area (Å²) in [6.45, 7) is 1.14. The molecular weight excluding hydrogens is 364 g/mol. The highest BCUT2D eigenvalue weighted by atomic mass is 16.5. The lowest BCUT2D eigenvalue weighted by Crippen LogP contribution is -2.38. The lowest BCUT2D eigenvalue weighted by atomic mass is 10.0. The number of ether oxygens (including phenoxy) is 1. The van der Waals surface area contributed by atoms with Gasteiger partial charge in [0.25, 0.3) is 5.91 Å². The summed E-state index contributed by atoms with van der Waals surface area (Å²) < 4.78 is 5.78. The first-order valence-corrected chi connectivity index (χ1v) is 9.70. The number of amides is 1. The second-order valence-electron chi connectivity index (χ2n) is 7.30. The number of hydrogen-bond acceptors (Lipinski definition) is 3. The zero-order valence-electron chi connectivity index (χ0n) is 15.9. The van der Waals surface area contributed by atoms with Crippen LogP contribution in [0, 0.1) is 0 Å². The molecule has 0 saturated carbocycles. The van der Waals surface area contributed by atoms with Gasteiger partial charge in [-0.2, -0.15) is 0 Å². The van der Waals surface area contributed by atoms with Gasteiger partial charge < -0.3 is 14.6 Å². The number of fused-ring (bicyclic) bond motifs is 4. The molecule has 5 heteroatoms. The lowest BCUT2D eigenvalue weighted by Gasteiger charge is -2.27. The molecule has 0 spiro atoms. The zero-order chi connectivity index (χ0) is 19.8. The molecule has 0 fully saturated rings. The topological polar surface area (TPSA) is 62.4 Å². The summed E-state index contributed by atoms with van der Waals surface area (Å²) in [5, 5.41) is 2.96. The molecule has 0 aliphatic carbocycles. The first-order valence-electron chi connectivity index (χ1n) is 9.70. The Morgan fingerprint density at radius 2 is 1.83 bits per heavy atom. The maximum atomic E-state index is 12.8. The number of aromatic amines is 1. The Balaban J connectivity index is 1.34. The van der Waals surface area contributed by atoms with Gasteiger partial charge in [0, 0.05) is 41.7 Å². The van der Waals surface area contributed by atoms with Crippen LogP contribution in [0.25, 0.3) is 21.7 Å². The largest absolute Gasteiger partial charge is 0.483 e. The van der Waals surface area contributed by atoms with Gasteiger partial charge in [-0.3, -0.25) is 9.59 Å². The van der Waals surface area contributed by atoms with Crippen LogP contribution in [-0.2, 0) is 17.8 Å². The predicted octanol–water partition coefficient (Wildman–Crippen LogP) is 4.10. The Kier molecular flexibility index (Phi) is 4.28. The van der Waals surface area contributed by atoms with E-state index in [1.54, 1.807) is 6.07 Å². The fraction of sp³-hybridized carbons (Fsp3) is 0.167. The maximum Gasteiger partial charge on any atom is 0.260 e. The minimum Gasteiger partial charge on any atom is -0.483 e. The fourth-order valence-electron chi connectivity index (χ4n) is 4.13. The Hall–Kier alpha value is -3.60. The molecule has 1 N–H and O–H groups in total. The first kappa shape index (κ1) is 17.5. The van der Waals surface area contributed by atoms with Crippen molar-refractivity contribution in [3.05, 3.63) is 77.5 Å². The van der Waals surface area contributed by atoms with Crippen molar-refractivity contribution in [1.29, 1.82) is 0 Å². The summed E-state index contributed by atoms with van der Waals surface area (Å²) in [5.74, 6) is 0.364. The van der Waals surface area contributed by atoms with Crippen LogP contribution in [0.2, 0.25) is 0 Å². The van der Waals surface area contributed by atoms with Gasteiger partial charge in [-0.05, 0) is 22.9 Å². The molecule has 1 aromatic heterocycles. The SMILES string of the molecule is O=Cc1c(OCC(=O)N2CCc3[nH]c4ccccc4c3C2)ccc2ccccc12. The molecule has 1 aliphatic heterocycles. The van der Waals surface area contributed by atoms with Crippen molar-refractivity contribution in [3.8, 4) is 5.75 Å². The molecule has 4 aromatic rings. The average Bonchev–Trinajstić information content (AvgIpc) is 3.15. The Morgan fingerprint density at radius 1 is 1.03 bits per heavy atom. The maximum absolute atomic E-state index is 12.8. The van der Waals surface area contributed by atoms with Gasteiger partial charge >= 0.3 is 0 Å². The van der Waals surface area contributed by atoms with Crippen molar-refractivity contribution < 1.29 is 14.3 Å². The van der Waals surface area contributed by atoms with Crippen molar-refractivity contribution in [2.24, 2.45) is 0 Å². The van der Waals surface area contributed by atoms with Crippen LogP contribution in [0.15, 0.2) is 60.7 Å². The number of benzene rings is 3. The van der Waals surface area contributed by atoms with Crippen LogP contribution in [0.4, 0.5) is 0 Å². The number of H-pyrrole nitrogens is 1. The van der Waals surface area contributed by atoms with E-state index < -0.39 is 0 Å². The Morgan fingerprint density at radius 3 is 2.69 bits per heavy atom. The van der Waals surface area contributed by atoms with E-state index in [2.05, 4.69) is 17.1 Å². The standard InChI is InChI=1S/C24H20N2O3/c27-14-20-17-6-2-1-5-16(17)9-10-23(20)29-15-24(28)26-12-11-22-19(13-26)18-7-3-4-8-21(18)25-22/h1-10,14,25H,11-13,15H2. The number of rotatable bonds is 4. The van der Waals surface area contributed by atoms with Crippen molar-refractivity contribution in [2.75, 3.05) is 13.2 Å². The van der Waals surface area contributed by atoms with Gasteiger partial charge in [-0.25, -0.2) is 0 Å². The summed E-state index contributed by atoms with van der Waals surface area (Å²) in [4.78, 5) is 29.7. The highest BCUT2D eigenvalue weighted by Gasteiger charge is 2.24. The summed E-state index contributed by atoms with van der Waals surface area (Å²) >= 11 is 0. The van der Waals surface area contributed by atoms with Crippen LogP contribution in [0.5, 0.6) is 5.75 Å². The van der Waals surface area contributed by atoms with E-state index in [4.69, 9.17) is 4.74 Å². The number of carbonyl (C=O) groups excluding carboxylic acids is 2. The third kappa shape index (κ3) is 3.05. The van der Waals surface area contributed by atoms with E-state index in [0.717, 1.165) is 29.0 Å². The minimum atomic E-state index is -0.0864. The third-order valence-electron chi connectivity index (χ3n) is 5.64. The average molecular weight is 384 g/mol. The Bertz CT molecular complexity index is 1240. The van der Waals surface area contributed by atoms with Crippen molar-refractivity contribution in [3.63, 3.8) is 0 Å². The lowest BCUT2D eigenvalue weighted by molar-refractivity contribution is -0.134. The quantitative estimate of drug-likeness (QED) is 0.539. The number of nitrogens with zero attached hydrogens (tertiary/aromatic N) is 1. The molecule has 0 unspecified atom stereocenters. The Labute approximate surface area is 167 Å². The number of hydrogen-bond donors (Lipinski definition) is 1. The molecule has 1 amide bonds. The monoisotopic (exact) mass is 384 g/mol. The molecular formula is C24H20N2O3. The van der Waals surface area contributed by atoms with Crippen LogP contribution in [0.1, 0.15) is 21.6 Å². The van der Waals surface area contributed by atoms with E-state index >= 15 is 0 Å². The third-order valence-corrected chi connectivity index (χ3v) is 5.64. The number of para-hydroxylation sites is 1. The highest BCUT2D eigenvalue weighted by Crippen LogP contribution is 2.29. The van der Waals surface area contributed by atoms with Gasteiger partial charge in [0.2, 0.25) is 0 Å². The molecule has 1 aliphatic rings. The zero-order valence-corrected chi connectivity index (χ0v) is 15.9. The summed E-state index contributed by atoms with van der Waals surface area (Å²) in [6.07, 6.45) is 1.59. The van der Waals surface area contributed by atoms with Crippen molar-refractivity contribution in [2.45, 2.75) is 13.0 Å². The molecule has 144 valence electrons. The molecule has 0 saturated heterocycles. The number of aromatic nitrogens is 1. The van der Waals surface area contributed by atoms with Crippen molar-refractivity contribution >= 4 is 33.9 Å². The summed E-state index contributed by atoms with van der Waals surface area (Å²) in [5.41, 5.74) is 3.97. The van der Waals surface area contributed by atoms with Crippen LogP contribution in [-0.4, -0.2) is 35.2 Å². The molecule has 5 rings (SSSR count). The van der Waals surface area contributed by atoms with E-state index in [1.165, 1.54) is 16.6 Å². The first-order chi connectivity index (χ1) is 14.2. The van der Waals surface area contributed by atoms with Crippen molar-refractivity contribution in [1.82, 2.24) is 9.88 Å². The van der Waals surface area contributed by atoms with Gasteiger partial charge in [-0.15, -0.1) is 0 Å². The molecule has 5 nitrogen and oxygen atoms in total. The predicted molar refractivity (Wildman–Crippen MR) is 112 cm³/mol. The smallest absolute Gasteiger partial charge is 0.260 e. The summed E-state index contributed by atoms with van der Waals surface area (Å²) in [6, 6.07) is 19.5. The summed E-state index contributed by atoms with van der Waals surface area (Å²) in [7, 11) is 0. The molecule has 2 heterocycles. The van der Waals surface area contributed by atoms with Crippen LogP contribution >= 0.6 is 0 Å². The van der Waals surface area contributed by atoms with E-state index in [0.29, 0.717) is 24.4 Å². The second-order valence-corrected chi connectivity index (χ2v) is 7.30. The van der Waals surface area contributed by atoms with Gasteiger partial charge in [0.1, 0.15) is 5.75 Å². The highest BCUT2D eigenvalue weighted by molar-refractivity contribution is 6.00. The molecule has 0 atom stereocenters. The van der Waals surface area contributed by atoms with Gasteiger partial charge in [-0.1, -0.05) is 48.5 Å². The van der Waals surface area contributed by atoms with Gasteiger partial charge in [0.05, 0.1) is 5.56 Å². The molecule has 0 radical (unpaired) electrons. The van der Waals surface area contributed by atoms with E-state index in [9.17, 15) is 9.59 Å². The molecule has 29 heavy (non-hydrogen) atoms. The van der Waals surface area contributed by atoms with Crippen LogP contribution < -0.4 is 4.74 Å². The number of nitrogens with one attached hydrogen (secondary N) is 1. The van der Waals surface area contributed by atoms with E-state index in [-0.39, 0.29) is 12.5 Å². The van der Waals surface area contributed by atoms with E-state index in [1.807, 2.05) is 47.4 Å². The normalized spacial score (nSPS) is 13.4. The number of aldehydes is 1. The fourth-order valence-corrected chi connectivity index (χ4v) is 4.13. The molecule has 3 aromatic carbocycles. The van der Waals surface area contributed by atoms with Crippen LogP contribution in [0.3, 0.4) is 0 Å². The minimum absolute atomic E-state index is 0.0778. The van der Waals surface area contributed by atoms with Gasteiger partial charge in [0.15, 0.2) is 12.9 Å².